The number of carbonyl (C=O) groups is 3. The predicted octanol–water partition coefficient (Wildman–Crippen LogP) is 4.28. The number of carbonyl (C=O) groups excluding carboxylic acids is 3. The number of alkyl carbamates (subject to hydrolysis) is 1. The topological polar surface area (TPSA) is 104 Å². The van der Waals surface area contributed by atoms with Gasteiger partial charge >= 0.3 is 6.09 Å². The van der Waals surface area contributed by atoms with Crippen LogP contribution in [0.4, 0.5) is 9.18 Å². The highest BCUT2D eigenvalue weighted by Crippen LogP contribution is 2.51. The van der Waals surface area contributed by atoms with Crippen molar-refractivity contribution < 1.29 is 28.2 Å². The second-order valence-electron chi connectivity index (χ2n) is 16.0. The van der Waals surface area contributed by atoms with E-state index in [2.05, 4.69) is 20.1 Å². The molecule has 4 heterocycles. The van der Waals surface area contributed by atoms with Gasteiger partial charge in [-0.2, -0.15) is 0 Å². The molecule has 1 aromatic heterocycles. The highest BCUT2D eigenvalue weighted by atomic mass is 19.1. The lowest BCUT2D eigenvalue weighted by atomic mass is 9.64. The Bertz CT molecular complexity index is 1400. The molecule has 6 aliphatic rings. The number of ether oxygens (including phenoxy) is 2. The van der Waals surface area contributed by atoms with Crippen molar-refractivity contribution in [3.05, 3.63) is 41.9 Å². The normalized spacial score (nSPS) is 36.3. The number of ketones is 1. The quantitative estimate of drug-likeness (QED) is 0.450. The molecule has 2 saturated heterocycles. The van der Waals surface area contributed by atoms with Crippen molar-refractivity contribution in [2.75, 3.05) is 26.7 Å². The second kappa shape index (κ2) is 13.3. The molecule has 3 aliphatic heterocycles. The lowest BCUT2D eigenvalue weighted by Crippen LogP contribution is -2.74. The number of hydrogen-bond acceptors (Lipinski definition) is 8. The molecule has 3 aliphatic carbocycles. The number of hydrogen-bond donors (Lipinski definition) is 1. The first-order chi connectivity index (χ1) is 23.0. The number of morpholine rings is 1. The minimum absolute atomic E-state index is 0.0525. The van der Waals surface area contributed by atoms with E-state index in [0.29, 0.717) is 44.3 Å². The highest BCUT2D eigenvalue weighted by Gasteiger charge is 2.61. The van der Waals surface area contributed by atoms with Crippen LogP contribution >= 0.6 is 0 Å². The van der Waals surface area contributed by atoms with Crippen molar-refractivity contribution in [3.63, 3.8) is 0 Å². The zero-order valence-electron chi connectivity index (χ0n) is 28.9. The molecule has 0 radical (unpaired) electrons. The van der Waals surface area contributed by atoms with Crippen molar-refractivity contribution in [2.45, 2.75) is 127 Å². The largest absolute Gasteiger partial charge is 0.444 e. The molecular weight excluding hydrogens is 613 g/mol. The summed E-state index contributed by atoms with van der Waals surface area (Å²) >= 11 is 0. The van der Waals surface area contributed by atoms with Gasteiger partial charge in [0.25, 0.3) is 5.91 Å². The number of Topliss-reactive ketones (excluding diaryl/α,β-unsaturated/α-hetero) is 1. The van der Waals surface area contributed by atoms with Gasteiger partial charge in [0.05, 0.1) is 35.9 Å². The molecule has 0 bridgehead atoms. The Kier molecular flexibility index (Phi) is 9.30. The van der Waals surface area contributed by atoms with Crippen LogP contribution in [0.5, 0.6) is 0 Å². The zero-order valence-corrected chi connectivity index (χ0v) is 28.9. The summed E-state index contributed by atoms with van der Waals surface area (Å²) in [4.78, 5) is 51.1. The van der Waals surface area contributed by atoms with Gasteiger partial charge in [-0.25, -0.2) is 9.18 Å². The summed E-state index contributed by atoms with van der Waals surface area (Å²) in [7, 11) is 1.73. The van der Waals surface area contributed by atoms with Gasteiger partial charge in [0.2, 0.25) is 0 Å². The number of likely N-dealkylation sites (tertiary alicyclic amines) is 1. The first-order valence-electron chi connectivity index (χ1n) is 18.2. The van der Waals surface area contributed by atoms with Crippen LogP contribution in [0.15, 0.2) is 36.2 Å². The molecule has 2 amide bonds. The number of alkyl halides is 1. The first kappa shape index (κ1) is 33.4. The number of nitrogens with zero attached hydrogens (tertiary/aromatic N) is 4. The van der Waals surface area contributed by atoms with Gasteiger partial charge in [-0.3, -0.25) is 19.5 Å². The van der Waals surface area contributed by atoms with E-state index >= 15 is 4.39 Å². The van der Waals surface area contributed by atoms with Gasteiger partial charge in [-0.1, -0.05) is 25.3 Å². The average Bonchev–Trinajstić information content (AvgIpc) is 3.51. The van der Waals surface area contributed by atoms with E-state index < -0.39 is 35.9 Å². The molecule has 3 saturated carbocycles. The fourth-order valence-electron chi connectivity index (χ4n) is 9.71. The Hall–Kier alpha value is -3.05. The first-order valence-corrected chi connectivity index (χ1v) is 18.2. The molecule has 10 nitrogen and oxygen atoms in total. The van der Waals surface area contributed by atoms with Crippen LogP contribution in [0, 0.1) is 17.8 Å². The molecule has 1 N–H and O–H groups in total. The number of pyridine rings is 1. The Morgan fingerprint density at radius 1 is 1.10 bits per heavy atom. The maximum atomic E-state index is 16.7. The summed E-state index contributed by atoms with van der Waals surface area (Å²) in [6.07, 6.45) is 9.31. The lowest BCUT2D eigenvalue weighted by molar-refractivity contribution is -0.231. The van der Waals surface area contributed by atoms with Crippen LogP contribution < -0.4 is 5.32 Å². The zero-order chi connectivity index (χ0) is 33.7. The Morgan fingerprint density at radius 3 is 2.69 bits per heavy atom. The number of nitrogens with one attached hydrogen (secondary N) is 1. The van der Waals surface area contributed by atoms with Crippen molar-refractivity contribution >= 4 is 17.8 Å². The Balaban J connectivity index is 1.16. The maximum Gasteiger partial charge on any atom is 0.407 e. The van der Waals surface area contributed by atoms with Crippen molar-refractivity contribution in [1.29, 1.82) is 0 Å². The Morgan fingerprint density at radius 2 is 1.92 bits per heavy atom. The van der Waals surface area contributed by atoms with E-state index in [0.717, 1.165) is 25.0 Å². The van der Waals surface area contributed by atoms with Gasteiger partial charge in [0, 0.05) is 63.2 Å². The minimum Gasteiger partial charge on any atom is -0.444 e. The fourth-order valence-corrected chi connectivity index (χ4v) is 9.71. The van der Waals surface area contributed by atoms with Crippen molar-refractivity contribution in [2.24, 2.45) is 17.8 Å². The second-order valence-corrected chi connectivity index (χ2v) is 16.0. The fraction of sp³-hybridized carbons (Fsp3) is 0.730. The van der Waals surface area contributed by atoms with Crippen molar-refractivity contribution in [3.8, 4) is 0 Å². The summed E-state index contributed by atoms with van der Waals surface area (Å²) in [5.74, 6) is -0.245. The SMILES string of the molecule is CN(CCc1ccccn1)C(=O)C1=CN2C3CCC4CCCCC4C3OC3C(N4CC[C@@H](NC(=O)OC(C)(C)C)C4)C(F)CC(C1=O)C32. The van der Waals surface area contributed by atoms with Crippen LogP contribution in [0.25, 0.3) is 0 Å². The van der Waals surface area contributed by atoms with Gasteiger partial charge in [-0.05, 0) is 76.8 Å². The van der Waals surface area contributed by atoms with Crippen molar-refractivity contribution in [1.82, 2.24) is 25.0 Å². The highest BCUT2D eigenvalue weighted by molar-refractivity contribution is 6.20. The van der Waals surface area contributed by atoms with Crippen LogP contribution in [0.2, 0.25) is 0 Å². The third-order valence-corrected chi connectivity index (χ3v) is 11.8. The molecule has 0 spiro atoms. The summed E-state index contributed by atoms with van der Waals surface area (Å²) in [5.41, 5.74) is 0.444. The van der Waals surface area contributed by atoms with E-state index in [1.54, 1.807) is 18.1 Å². The third-order valence-electron chi connectivity index (χ3n) is 11.8. The number of halogens is 1. The molecule has 48 heavy (non-hydrogen) atoms. The molecule has 5 fully saturated rings. The Labute approximate surface area is 283 Å². The molecule has 262 valence electrons. The van der Waals surface area contributed by atoms with E-state index in [1.807, 2.05) is 45.2 Å². The lowest BCUT2D eigenvalue weighted by Gasteiger charge is -2.62. The number of likely N-dealkylation sites (N-methyl/N-ethyl adjacent to an activating group) is 1. The van der Waals surface area contributed by atoms with Crippen LogP contribution in [0.3, 0.4) is 0 Å². The van der Waals surface area contributed by atoms with E-state index in [4.69, 9.17) is 9.47 Å². The minimum atomic E-state index is -1.30. The van der Waals surface area contributed by atoms with Gasteiger partial charge in [0.15, 0.2) is 5.78 Å². The van der Waals surface area contributed by atoms with Crippen LogP contribution in [-0.2, 0) is 25.5 Å². The average molecular weight is 666 g/mol. The number of fused-ring (bicyclic) bond motifs is 4. The summed E-state index contributed by atoms with van der Waals surface area (Å²) in [6, 6.07) is 4.74. The standard InChI is InChI=1S/C37H52FN5O5/c1-37(2,3)48-36(46)40-24-15-18-42(20-24)31-28(38)19-26-30-34(31)47-33-25-11-6-5-9-22(25)12-13-29(33)43(30)21-27(32(26)44)35(45)41(4)17-14-23-10-7-8-16-39-23/h7-8,10,16,21-22,24-26,28-31,33-34H,5-6,9,11-15,17-20H2,1-4H3,(H,40,46)/t22?,24-,25?,26?,28?,29?,30?,31?,33?,34?/m1/s1. The van der Waals surface area contributed by atoms with Crippen LogP contribution in [0.1, 0.15) is 77.8 Å². The molecule has 9 unspecified atom stereocenters. The van der Waals surface area contributed by atoms with E-state index in [9.17, 15) is 14.4 Å². The van der Waals surface area contributed by atoms with E-state index in [-0.39, 0.29) is 47.9 Å². The predicted molar refractivity (Wildman–Crippen MR) is 178 cm³/mol. The number of aromatic nitrogens is 1. The van der Waals surface area contributed by atoms with Gasteiger partial charge in [-0.15, -0.1) is 0 Å². The monoisotopic (exact) mass is 665 g/mol. The molecule has 11 heteroatoms. The molecular formula is C37H52FN5O5. The van der Waals surface area contributed by atoms with Crippen LogP contribution in [-0.4, -0.2) is 112 Å². The molecule has 0 aromatic carbocycles. The molecule has 7 rings (SSSR count). The summed E-state index contributed by atoms with van der Waals surface area (Å²) < 4.78 is 29.3. The smallest absolute Gasteiger partial charge is 0.407 e. The summed E-state index contributed by atoms with van der Waals surface area (Å²) in [6.45, 7) is 7.05. The maximum absolute atomic E-state index is 16.7. The molecule has 1 aromatic rings. The third kappa shape index (κ3) is 6.49. The van der Waals surface area contributed by atoms with E-state index in [1.165, 1.54) is 19.3 Å². The number of rotatable bonds is 6. The molecule has 10 atom stereocenters. The van der Waals surface area contributed by atoms with Gasteiger partial charge in [0.1, 0.15) is 11.8 Å². The number of amides is 2. The summed E-state index contributed by atoms with van der Waals surface area (Å²) in [5, 5.41) is 2.98. The van der Waals surface area contributed by atoms with Gasteiger partial charge < -0.3 is 24.6 Å².